The Morgan fingerprint density at radius 1 is 1.30 bits per heavy atom. The van der Waals surface area contributed by atoms with Gasteiger partial charge in [-0.15, -0.1) is 0 Å². The monoisotopic (exact) mass is 283 g/mol. The Balaban J connectivity index is 2.70. The van der Waals surface area contributed by atoms with Gasteiger partial charge in [-0.25, -0.2) is 4.39 Å². The average Bonchev–Trinajstić information content (AvgIpc) is 2.37. The Labute approximate surface area is 117 Å². The number of hydrogen-bond donors (Lipinski definition) is 1. The van der Waals surface area contributed by atoms with Crippen LogP contribution in [0.4, 0.5) is 4.39 Å². The molecule has 0 aliphatic heterocycles. The summed E-state index contributed by atoms with van der Waals surface area (Å²) in [6, 6.07) is 5.56. The van der Waals surface area contributed by atoms with E-state index in [-0.39, 0.29) is 25.1 Å². The highest BCUT2D eigenvalue weighted by Gasteiger charge is 2.17. The van der Waals surface area contributed by atoms with Gasteiger partial charge in [-0.3, -0.25) is 9.59 Å². The van der Waals surface area contributed by atoms with E-state index < -0.39 is 18.4 Å². The molecule has 0 atom stereocenters. The van der Waals surface area contributed by atoms with Crippen LogP contribution in [0.5, 0.6) is 0 Å². The third-order valence-corrected chi connectivity index (χ3v) is 2.51. The molecule has 0 fully saturated rings. The zero-order chi connectivity index (χ0) is 15.1. The lowest BCUT2D eigenvalue weighted by atomic mass is 10.2. The summed E-state index contributed by atoms with van der Waals surface area (Å²) >= 11 is 0. The maximum Gasteiger partial charge on any atom is 0.323 e. The molecular weight excluding hydrogens is 265 g/mol. The van der Waals surface area contributed by atoms with E-state index in [1.807, 2.05) is 0 Å². The number of rotatable bonds is 7. The first-order chi connectivity index (χ1) is 9.38. The molecule has 1 N–H and O–H groups in total. The van der Waals surface area contributed by atoms with Crippen molar-refractivity contribution in [2.45, 2.75) is 26.5 Å². The van der Waals surface area contributed by atoms with Gasteiger partial charge in [-0.2, -0.15) is 0 Å². The lowest BCUT2D eigenvalue weighted by Crippen LogP contribution is -2.38. The van der Waals surface area contributed by atoms with Crippen LogP contribution in [0, 0.1) is 5.82 Å². The highest BCUT2D eigenvalue weighted by Crippen LogP contribution is 2.07. The van der Waals surface area contributed by atoms with Crippen molar-refractivity contribution in [3.05, 3.63) is 35.6 Å². The molecule has 110 valence electrons. The van der Waals surface area contributed by atoms with E-state index >= 15 is 0 Å². The number of carboxylic acid groups (broad SMARTS) is 1. The number of carboxylic acids is 1. The van der Waals surface area contributed by atoms with E-state index in [0.29, 0.717) is 5.56 Å². The fourth-order valence-corrected chi connectivity index (χ4v) is 1.53. The normalized spacial score (nSPS) is 10.6. The van der Waals surface area contributed by atoms with Crippen molar-refractivity contribution in [2.75, 3.05) is 13.2 Å². The van der Waals surface area contributed by atoms with Crippen molar-refractivity contribution >= 4 is 11.9 Å². The highest BCUT2D eigenvalue weighted by atomic mass is 19.1. The van der Waals surface area contributed by atoms with Crippen molar-refractivity contribution in [1.29, 1.82) is 0 Å². The summed E-state index contributed by atoms with van der Waals surface area (Å²) in [5.74, 6) is -1.90. The molecule has 1 amide bonds. The number of aliphatic carboxylic acids is 1. The number of ether oxygens (including phenoxy) is 1. The topological polar surface area (TPSA) is 66.8 Å². The van der Waals surface area contributed by atoms with Crippen LogP contribution in [0.2, 0.25) is 0 Å². The van der Waals surface area contributed by atoms with Gasteiger partial charge in [-0.05, 0) is 31.5 Å². The Bertz CT molecular complexity index is 459. The highest BCUT2D eigenvalue weighted by molar-refractivity contribution is 5.82. The van der Waals surface area contributed by atoms with Crippen LogP contribution in [0.15, 0.2) is 24.3 Å². The van der Waals surface area contributed by atoms with Crippen molar-refractivity contribution in [3.8, 4) is 0 Å². The molecule has 20 heavy (non-hydrogen) atoms. The number of benzene rings is 1. The van der Waals surface area contributed by atoms with Crippen molar-refractivity contribution in [3.63, 3.8) is 0 Å². The second-order valence-electron chi connectivity index (χ2n) is 4.63. The summed E-state index contributed by atoms with van der Waals surface area (Å²) < 4.78 is 18.0. The second kappa shape index (κ2) is 7.59. The SMILES string of the molecule is CC(C)OCC(=O)N(CC(=O)O)Cc1ccc(F)cc1. The molecule has 0 saturated heterocycles. The minimum Gasteiger partial charge on any atom is -0.480 e. The van der Waals surface area contributed by atoms with Crippen molar-refractivity contribution in [1.82, 2.24) is 4.90 Å². The summed E-state index contributed by atoms with van der Waals surface area (Å²) in [4.78, 5) is 23.9. The lowest BCUT2D eigenvalue weighted by molar-refractivity contribution is -0.147. The number of nitrogens with zero attached hydrogens (tertiary/aromatic N) is 1. The molecule has 1 aromatic carbocycles. The number of amides is 1. The number of halogens is 1. The van der Waals surface area contributed by atoms with Crippen LogP contribution in [0.25, 0.3) is 0 Å². The van der Waals surface area contributed by atoms with Gasteiger partial charge in [0, 0.05) is 6.54 Å². The minimum atomic E-state index is -1.11. The van der Waals surface area contributed by atoms with E-state index in [4.69, 9.17) is 9.84 Å². The van der Waals surface area contributed by atoms with Gasteiger partial charge in [0.1, 0.15) is 19.0 Å². The summed E-state index contributed by atoms with van der Waals surface area (Å²) in [5, 5.41) is 8.84. The van der Waals surface area contributed by atoms with Gasteiger partial charge >= 0.3 is 5.97 Å². The molecule has 5 nitrogen and oxygen atoms in total. The number of carbonyl (C=O) groups excluding carboxylic acids is 1. The molecule has 1 rings (SSSR count). The largest absolute Gasteiger partial charge is 0.480 e. The van der Waals surface area contributed by atoms with Crippen molar-refractivity contribution < 1.29 is 23.8 Å². The van der Waals surface area contributed by atoms with Crippen LogP contribution >= 0.6 is 0 Å². The maximum atomic E-state index is 12.8. The molecule has 0 aromatic heterocycles. The van der Waals surface area contributed by atoms with E-state index in [9.17, 15) is 14.0 Å². The summed E-state index contributed by atoms with van der Waals surface area (Å²) in [6.07, 6.45) is -0.114. The van der Waals surface area contributed by atoms with Crippen LogP contribution < -0.4 is 0 Å². The van der Waals surface area contributed by atoms with E-state index in [1.165, 1.54) is 24.3 Å². The van der Waals surface area contributed by atoms with Crippen LogP contribution in [-0.2, 0) is 20.9 Å². The van der Waals surface area contributed by atoms with Crippen LogP contribution in [0.3, 0.4) is 0 Å². The second-order valence-corrected chi connectivity index (χ2v) is 4.63. The molecule has 1 aromatic rings. The molecule has 6 heteroatoms. The third kappa shape index (κ3) is 5.79. The molecule has 0 bridgehead atoms. The molecule has 0 saturated carbocycles. The first-order valence-corrected chi connectivity index (χ1v) is 6.24. The van der Waals surface area contributed by atoms with Gasteiger partial charge in [0.2, 0.25) is 5.91 Å². The number of carbonyl (C=O) groups is 2. The van der Waals surface area contributed by atoms with Crippen LogP contribution in [-0.4, -0.2) is 41.1 Å². The van der Waals surface area contributed by atoms with Gasteiger partial charge in [0.05, 0.1) is 6.10 Å². The smallest absolute Gasteiger partial charge is 0.323 e. The molecule has 0 heterocycles. The molecule has 0 aliphatic rings. The van der Waals surface area contributed by atoms with E-state index in [1.54, 1.807) is 13.8 Å². The standard InChI is InChI=1S/C14H18FNO4/c1-10(2)20-9-13(17)16(8-14(18)19)7-11-3-5-12(15)6-4-11/h3-6,10H,7-9H2,1-2H3,(H,18,19). The van der Waals surface area contributed by atoms with Gasteiger partial charge in [0.15, 0.2) is 0 Å². The Hall–Kier alpha value is -1.95. The zero-order valence-electron chi connectivity index (χ0n) is 11.5. The maximum absolute atomic E-state index is 12.8. The molecular formula is C14H18FNO4. The molecule has 0 spiro atoms. The van der Waals surface area contributed by atoms with E-state index in [0.717, 1.165) is 4.90 Å². The quantitative estimate of drug-likeness (QED) is 0.826. The predicted molar refractivity (Wildman–Crippen MR) is 70.5 cm³/mol. The Morgan fingerprint density at radius 3 is 2.40 bits per heavy atom. The predicted octanol–water partition coefficient (Wildman–Crippen LogP) is 1.66. The fraction of sp³-hybridized carbons (Fsp3) is 0.429. The van der Waals surface area contributed by atoms with Gasteiger partial charge in [-0.1, -0.05) is 12.1 Å². The van der Waals surface area contributed by atoms with Crippen molar-refractivity contribution in [2.24, 2.45) is 0 Å². The Kier molecular flexibility index (Phi) is 6.11. The summed E-state index contributed by atoms with van der Waals surface area (Å²) in [6.45, 7) is 3.08. The lowest BCUT2D eigenvalue weighted by Gasteiger charge is -2.21. The van der Waals surface area contributed by atoms with Gasteiger partial charge < -0.3 is 14.7 Å². The first kappa shape index (κ1) is 16.1. The average molecular weight is 283 g/mol. The fourth-order valence-electron chi connectivity index (χ4n) is 1.53. The van der Waals surface area contributed by atoms with E-state index in [2.05, 4.69) is 0 Å². The molecule has 0 radical (unpaired) electrons. The first-order valence-electron chi connectivity index (χ1n) is 6.24. The minimum absolute atomic E-state index is 0.104. The number of hydrogen-bond acceptors (Lipinski definition) is 3. The van der Waals surface area contributed by atoms with Gasteiger partial charge in [0.25, 0.3) is 0 Å². The molecule has 0 unspecified atom stereocenters. The third-order valence-electron chi connectivity index (χ3n) is 2.51. The molecule has 0 aliphatic carbocycles. The summed E-state index contributed by atoms with van der Waals surface area (Å²) in [7, 11) is 0. The summed E-state index contributed by atoms with van der Waals surface area (Å²) in [5.41, 5.74) is 0.658. The van der Waals surface area contributed by atoms with Crippen LogP contribution in [0.1, 0.15) is 19.4 Å². The zero-order valence-corrected chi connectivity index (χ0v) is 11.5. The Morgan fingerprint density at radius 2 is 1.90 bits per heavy atom.